The van der Waals surface area contributed by atoms with Gasteiger partial charge in [0.05, 0.1) is 19.3 Å². The zero-order valence-corrected chi connectivity index (χ0v) is 15.8. The second-order valence-electron chi connectivity index (χ2n) is 5.91. The van der Waals surface area contributed by atoms with Gasteiger partial charge in [0.2, 0.25) is 0 Å². The van der Waals surface area contributed by atoms with Crippen LogP contribution in [0.4, 0.5) is 0 Å². The van der Waals surface area contributed by atoms with E-state index in [1.807, 2.05) is 11.3 Å². The van der Waals surface area contributed by atoms with Crippen LogP contribution in [0.5, 0.6) is 0 Å². The number of guanidine groups is 1. The molecule has 1 aliphatic heterocycles. The summed E-state index contributed by atoms with van der Waals surface area (Å²) < 4.78 is 11.2. The number of aliphatic imine (C=N–C) groups is 1. The molecule has 1 saturated heterocycles. The Labute approximate surface area is 149 Å². The van der Waals surface area contributed by atoms with Gasteiger partial charge in [-0.15, -0.1) is 11.3 Å². The molecule has 1 unspecified atom stereocenters. The molecule has 0 amide bonds. The summed E-state index contributed by atoms with van der Waals surface area (Å²) in [4.78, 5) is 7.38. The highest BCUT2D eigenvalue weighted by Crippen LogP contribution is 2.17. The first-order valence-corrected chi connectivity index (χ1v) is 9.92. The molecule has 1 aromatic rings. The average molecular weight is 354 g/mol. The van der Waals surface area contributed by atoms with Gasteiger partial charge in [0, 0.05) is 36.1 Å². The first-order chi connectivity index (χ1) is 11.8. The van der Waals surface area contributed by atoms with Gasteiger partial charge in [-0.1, -0.05) is 6.92 Å². The third-order valence-corrected chi connectivity index (χ3v) is 5.10. The van der Waals surface area contributed by atoms with E-state index < -0.39 is 0 Å². The molecule has 1 aromatic heterocycles. The van der Waals surface area contributed by atoms with Gasteiger partial charge in [-0.05, 0) is 44.7 Å². The molecule has 136 valence electrons. The summed E-state index contributed by atoms with van der Waals surface area (Å²) in [6, 6.07) is 4.37. The minimum absolute atomic E-state index is 0.315. The van der Waals surface area contributed by atoms with Crippen molar-refractivity contribution in [2.75, 3.05) is 32.9 Å². The second kappa shape index (κ2) is 11.4. The Balaban J connectivity index is 1.61. The summed E-state index contributed by atoms with van der Waals surface area (Å²) in [5.74, 6) is 0.878. The monoisotopic (exact) mass is 353 g/mol. The largest absolute Gasteiger partial charge is 0.379 e. The molecule has 6 heteroatoms. The summed E-state index contributed by atoms with van der Waals surface area (Å²) in [6.07, 6.45) is 4.69. The Hall–Kier alpha value is -1.11. The Morgan fingerprint density at radius 2 is 2.21 bits per heavy atom. The van der Waals surface area contributed by atoms with Crippen LogP contribution < -0.4 is 10.6 Å². The number of nitrogens with zero attached hydrogens (tertiary/aromatic N) is 1. The van der Waals surface area contributed by atoms with Crippen molar-refractivity contribution >= 4 is 17.3 Å². The van der Waals surface area contributed by atoms with Gasteiger partial charge in [0.25, 0.3) is 0 Å². The Kier molecular flexibility index (Phi) is 9.16. The van der Waals surface area contributed by atoms with Crippen LogP contribution in [0, 0.1) is 0 Å². The summed E-state index contributed by atoms with van der Waals surface area (Å²) in [5, 5.41) is 6.66. The van der Waals surface area contributed by atoms with E-state index >= 15 is 0 Å². The fourth-order valence-corrected chi connectivity index (χ4v) is 3.45. The fraction of sp³-hybridized carbons (Fsp3) is 0.722. The molecular weight excluding hydrogens is 322 g/mol. The molecule has 0 bridgehead atoms. The van der Waals surface area contributed by atoms with Crippen molar-refractivity contribution in [3.63, 3.8) is 0 Å². The first-order valence-electron chi connectivity index (χ1n) is 9.11. The van der Waals surface area contributed by atoms with Crippen LogP contribution in [0.25, 0.3) is 0 Å². The number of hydrogen-bond acceptors (Lipinski definition) is 4. The highest BCUT2D eigenvalue weighted by atomic mass is 32.1. The minimum atomic E-state index is 0.315. The van der Waals surface area contributed by atoms with E-state index in [-0.39, 0.29) is 0 Å². The number of thiophene rings is 1. The summed E-state index contributed by atoms with van der Waals surface area (Å²) >= 11 is 1.85. The van der Waals surface area contributed by atoms with E-state index in [4.69, 9.17) is 9.47 Å². The van der Waals surface area contributed by atoms with Gasteiger partial charge in [-0.25, -0.2) is 4.99 Å². The van der Waals surface area contributed by atoms with E-state index in [1.54, 1.807) is 0 Å². The van der Waals surface area contributed by atoms with Gasteiger partial charge >= 0.3 is 0 Å². The summed E-state index contributed by atoms with van der Waals surface area (Å²) in [5.41, 5.74) is 0. The Morgan fingerprint density at radius 3 is 2.92 bits per heavy atom. The SMILES string of the molecule is CCNC(=NCc1ccc(CC)s1)NCCCOCC1CCCO1. The molecule has 5 nitrogen and oxygen atoms in total. The molecule has 2 N–H and O–H groups in total. The number of aryl methyl sites for hydroxylation is 1. The van der Waals surface area contributed by atoms with Crippen LogP contribution >= 0.6 is 11.3 Å². The normalized spacial score (nSPS) is 18.1. The van der Waals surface area contributed by atoms with Crippen LogP contribution in [0.3, 0.4) is 0 Å². The van der Waals surface area contributed by atoms with Crippen molar-refractivity contribution in [1.82, 2.24) is 10.6 Å². The Morgan fingerprint density at radius 1 is 1.33 bits per heavy atom. The van der Waals surface area contributed by atoms with E-state index in [9.17, 15) is 0 Å². The first kappa shape index (κ1) is 19.2. The van der Waals surface area contributed by atoms with Gasteiger partial charge in [0.1, 0.15) is 0 Å². The lowest BCUT2D eigenvalue weighted by atomic mass is 10.2. The molecular formula is C18H31N3O2S. The maximum absolute atomic E-state index is 5.68. The molecule has 24 heavy (non-hydrogen) atoms. The maximum Gasteiger partial charge on any atom is 0.191 e. The quantitative estimate of drug-likeness (QED) is 0.386. The van der Waals surface area contributed by atoms with Gasteiger partial charge in [-0.2, -0.15) is 0 Å². The number of nitrogens with one attached hydrogen (secondary N) is 2. The van der Waals surface area contributed by atoms with Crippen molar-refractivity contribution in [3.05, 3.63) is 21.9 Å². The molecule has 2 heterocycles. The van der Waals surface area contributed by atoms with Crippen LogP contribution in [-0.2, 0) is 22.4 Å². The van der Waals surface area contributed by atoms with Crippen LogP contribution in [0.15, 0.2) is 17.1 Å². The number of rotatable bonds is 10. The fourth-order valence-electron chi connectivity index (χ4n) is 2.57. The van der Waals surface area contributed by atoms with Crippen molar-refractivity contribution in [3.8, 4) is 0 Å². The zero-order valence-electron chi connectivity index (χ0n) is 15.0. The van der Waals surface area contributed by atoms with E-state index in [0.29, 0.717) is 6.10 Å². The summed E-state index contributed by atoms with van der Waals surface area (Å²) in [7, 11) is 0. The highest BCUT2D eigenvalue weighted by Gasteiger charge is 2.14. The number of ether oxygens (including phenoxy) is 2. The smallest absolute Gasteiger partial charge is 0.191 e. The van der Waals surface area contributed by atoms with Crippen molar-refractivity contribution < 1.29 is 9.47 Å². The van der Waals surface area contributed by atoms with Gasteiger partial charge in [-0.3, -0.25) is 0 Å². The standard InChI is InChI=1S/C18H31N3O2S/c1-3-16-8-9-17(24-16)13-21-18(19-4-2)20-10-6-11-22-14-15-7-5-12-23-15/h8-9,15H,3-7,10-14H2,1-2H3,(H2,19,20,21). The minimum Gasteiger partial charge on any atom is -0.379 e. The molecule has 0 spiro atoms. The zero-order chi connectivity index (χ0) is 17.0. The lowest BCUT2D eigenvalue weighted by molar-refractivity contribution is 0.0168. The third kappa shape index (κ3) is 7.20. The van der Waals surface area contributed by atoms with E-state index in [1.165, 1.54) is 16.2 Å². The molecule has 2 rings (SSSR count). The predicted molar refractivity (Wildman–Crippen MR) is 101 cm³/mol. The molecule has 1 aliphatic rings. The van der Waals surface area contributed by atoms with Crippen LogP contribution in [0.2, 0.25) is 0 Å². The maximum atomic E-state index is 5.68. The summed E-state index contributed by atoms with van der Waals surface area (Å²) in [6.45, 7) is 9.11. The number of hydrogen-bond donors (Lipinski definition) is 2. The van der Waals surface area contributed by atoms with Crippen molar-refractivity contribution in [2.45, 2.75) is 52.2 Å². The van der Waals surface area contributed by atoms with E-state index in [2.05, 4.69) is 41.6 Å². The highest BCUT2D eigenvalue weighted by molar-refractivity contribution is 7.11. The third-order valence-electron chi connectivity index (χ3n) is 3.89. The lowest BCUT2D eigenvalue weighted by Gasteiger charge is -2.12. The van der Waals surface area contributed by atoms with Crippen molar-refractivity contribution in [2.24, 2.45) is 4.99 Å². The Bertz CT molecular complexity index is 484. The molecule has 1 fully saturated rings. The molecule has 0 radical (unpaired) electrons. The lowest BCUT2D eigenvalue weighted by Crippen LogP contribution is -2.38. The average Bonchev–Trinajstić information content (AvgIpc) is 3.27. The van der Waals surface area contributed by atoms with Gasteiger partial charge < -0.3 is 20.1 Å². The molecule has 0 aliphatic carbocycles. The van der Waals surface area contributed by atoms with Gasteiger partial charge in [0.15, 0.2) is 5.96 Å². The van der Waals surface area contributed by atoms with E-state index in [0.717, 1.165) is 64.7 Å². The van der Waals surface area contributed by atoms with Crippen LogP contribution in [-0.4, -0.2) is 45.0 Å². The predicted octanol–water partition coefficient (Wildman–Crippen LogP) is 2.95. The molecule has 1 atom stereocenters. The second-order valence-corrected chi connectivity index (χ2v) is 7.16. The molecule has 0 saturated carbocycles. The van der Waals surface area contributed by atoms with Crippen LogP contribution in [0.1, 0.15) is 42.9 Å². The van der Waals surface area contributed by atoms with Crippen molar-refractivity contribution in [1.29, 1.82) is 0 Å². The molecule has 0 aromatic carbocycles. The topological polar surface area (TPSA) is 54.9 Å².